The van der Waals surface area contributed by atoms with Crippen LogP contribution in [0.5, 0.6) is 0 Å². The molecule has 2 rings (SSSR count). The Morgan fingerprint density at radius 3 is 2.26 bits per heavy atom. The van der Waals surface area contributed by atoms with Crippen LogP contribution < -0.4 is 0 Å². The summed E-state index contributed by atoms with van der Waals surface area (Å²) < 4.78 is 14.5. The van der Waals surface area contributed by atoms with Gasteiger partial charge in [0, 0.05) is 12.0 Å². The molecule has 1 aliphatic rings. The molecule has 0 radical (unpaired) electrons. The molecular formula is C21H31FO. The molecule has 0 atom stereocenters. The van der Waals surface area contributed by atoms with Crippen molar-refractivity contribution in [1.82, 2.24) is 0 Å². The number of hydrogen-bond donors (Lipinski definition) is 0. The molecule has 2 heteroatoms. The lowest BCUT2D eigenvalue weighted by Gasteiger charge is -2.28. The second kappa shape index (κ2) is 8.61. The molecule has 128 valence electrons. The van der Waals surface area contributed by atoms with Gasteiger partial charge in [0.15, 0.2) is 5.78 Å². The molecule has 1 aliphatic carbocycles. The molecular weight excluding hydrogens is 287 g/mol. The Labute approximate surface area is 140 Å². The van der Waals surface area contributed by atoms with E-state index in [1.54, 1.807) is 6.92 Å². The number of rotatable bonds is 7. The highest BCUT2D eigenvalue weighted by Gasteiger charge is 2.21. The first kappa shape index (κ1) is 18.2. The highest BCUT2D eigenvalue weighted by atomic mass is 19.1. The Kier molecular flexibility index (Phi) is 6.80. The van der Waals surface area contributed by atoms with E-state index in [-0.39, 0.29) is 11.6 Å². The molecule has 1 aromatic rings. The summed E-state index contributed by atoms with van der Waals surface area (Å²) in [6, 6.07) is 3.64. The molecule has 0 heterocycles. The van der Waals surface area contributed by atoms with Gasteiger partial charge in [-0.3, -0.25) is 4.79 Å². The molecule has 1 nitrogen and oxygen atoms in total. The molecule has 1 fully saturated rings. The average Bonchev–Trinajstić information content (AvgIpc) is 2.57. The van der Waals surface area contributed by atoms with E-state index in [0.29, 0.717) is 17.5 Å². The molecule has 0 bridgehead atoms. The normalized spacial score (nSPS) is 21.4. The van der Waals surface area contributed by atoms with E-state index in [9.17, 15) is 9.18 Å². The van der Waals surface area contributed by atoms with Crippen molar-refractivity contribution in [2.24, 2.45) is 11.8 Å². The van der Waals surface area contributed by atoms with Crippen molar-refractivity contribution in [3.8, 4) is 0 Å². The van der Waals surface area contributed by atoms with Gasteiger partial charge in [-0.05, 0) is 42.7 Å². The van der Waals surface area contributed by atoms with Crippen molar-refractivity contribution < 1.29 is 9.18 Å². The van der Waals surface area contributed by atoms with Gasteiger partial charge in [0.05, 0.1) is 0 Å². The third-order valence-electron chi connectivity index (χ3n) is 5.57. The third kappa shape index (κ3) is 4.65. The summed E-state index contributed by atoms with van der Waals surface area (Å²) in [6.07, 6.45) is 10.3. The van der Waals surface area contributed by atoms with Gasteiger partial charge < -0.3 is 0 Å². The van der Waals surface area contributed by atoms with Crippen LogP contribution in [0.3, 0.4) is 0 Å². The zero-order valence-corrected chi connectivity index (χ0v) is 15.0. The van der Waals surface area contributed by atoms with E-state index >= 15 is 0 Å². The molecule has 1 saturated carbocycles. The Morgan fingerprint density at radius 2 is 1.70 bits per heavy atom. The fourth-order valence-electron chi connectivity index (χ4n) is 4.00. The number of hydrogen-bond acceptors (Lipinski definition) is 1. The molecule has 23 heavy (non-hydrogen) atoms. The number of carbonyl (C=O) groups excluding carboxylic acids is 1. The van der Waals surface area contributed by atoms with E-state index in [1.165, 1.54) is 38.5 Å². The van der Waals surface area contributed by atoms with E-state index in [1.807, 2.05) is 19.1 Å². The number of halogens is 1. The SMILES string of the molecule is CCCC1CCC(CCc2ccc(C(=O)CC)c(C)c2F)CC1. The summed E-state index contributed by atoms with van der Waals surface area (Å²) in [4.78, 5) is 11.8. The van der Waals surface area contributed by atoms with Crippen LogP contribution in [0.1, 0.15) is 86.7 Å². The third-order valence-corrected chi connectivity index (χ3v) is 5.57. The van der Waals surface area contributed by atoms with Crippen molar-refractivity contribution in [1.29, 1.82) is 0 Å². The van der Waals surface area contributed by atoms with Crippen molar-refractivity contribution in [2.45, 2.75) is 78.6 Å². The van der Waals surface area contributed by atoms with Crippen LogP contribution in [0, 0.1) is 24.6 Å². The molecule has 0 aliphatic heterocycles. The Hall–Kier alpha value is -1.18. The maximum atomic E-state index is 14.5. The quantitative estimate of drug-likeness (QED) is 0.542. The second-order valence-corrected chi connectivity index (χ2v) is 7.20. The summed E-state index contributed by atoms with van der Waals surface area (Å²) in [5, 5.41) is 0. The van der Waals surface area contributed by atoms with Gasteiger partial charge >= 0.3 is 0 Å². The van der Waals surface area contributed by atoms with Gasteiger partial charge in [0.2, 0.25) is 0 Å². The summed E-state index contributed by atoms with van der Waals surface area (Å²) in [6.45, 7) is 5.82. The number of benzene rings is 1. The van der Waals surface area contributed by atoms with E-state index < -0.39 is 0 Å². The Morgan fingerprint density at radius 1 is 1.09 bits per heavy atom. The highest BCUT2D eigenvalue weighted by Crippen LogP contribution is 2.34. The summed E-state index contributed by atoms with van der Waals surface area (Å²) in [5.74, 6) is 1.54. The molecule has 0 N–H and O–H groups in total. The first-order valence-corrected chi connectivity index (χ1v) is 9.37. The van der Waals surface area contributed by atoms with Crippen molar-refractivity contribution in [3.05, 3.63) is 34.6 Å². The summed E-state index contributed by atoms with van der Waals surface area (Å²) >= 11 is 0. The predicted octanol–water partition coefficient (Wildman–Crippen LogP) is 6.27. The van der Waals surface area contributed by atoms with E-state index in [4.69, 9.17) is 0 Å². The van der Waals surface area contributed by atoms with Gasteiger partial charge in [-0.25, -0.2) is 4.39 Å². The number of aryl methyl sites for hydroxylation is 1. The minimum atomic E-state index is -0.163. The Bertz CT molecular complexity index is 527. The van der Waals surface area contributed by atoms with Gasteiger partial charge in [0.1, 0.15) is 5.82 Å². The maximum absolute atomic E-state index is 14.5. The van der Waals surface area contributed by atoms with Crippen LogP contribution in [0.25, 0.3) is 0 Å². The first-order chi connectivity index (χ1) is 11.1. The van der Waals surface area contributed by atoms with Crippen LogP contribution >= 0.6 is 0 Å². The smallest absolute Gasteiger partial charge is 0.162 e. The van der Waals surface area contributed by atoms with Crippen molar-refractivity contribution in [2.75, 3.05) is 0 Å². The van der Waals surface area contributed by atoms with Crippen LogP contribution in [0.2, 0.25) is 0 Å². The Balaban J connectivity index is 1.92. The molecule has 0 amide bonds. The molecule has 1 aromatic carbocycles. The number of carbonyl (C=O) groups is 1. The fraction of sp³-hybridized carbons (Fsp3) is 0.667. The molecule has 0 aromatic heterocycles. The predicted molar refractivity (Wildman–Crippen MR) is 94.4 cm³/mol. The molecule has 0 saturated heterocycles. The standard InChI is InChI=1S/C21H31FO/c1-4-6-16-7-9-17(10-8-16)11-12-18-13-14-19(20(23)5-2)15(3)21(18)22/h13-14,16-17H,4-12H2,1-3H3. The molecule has 0 unspecified atom stereocenters. The van der Waals surface area contributed by atoms with Crippen LogP contribution in [-0.2, 0) is 6.42 Å². The van der Waals surface area contributed by atoms with E-state index in [2.05, 4.69) is 6.92 Å². The average molecular weight is 318 g/mol. The van der Waals surface area contributed by atoms with Crippen molar-refractivity contribution >= 4 is 5.78 Å². The summed E-state index contributed by atoms with van der Waals surface area (Å²) in [7, 11) is 0. The maximum Gasteiger partial charge on any atom is 0.162 e. The zero-order chi connectivity index (χ0) is 16.8. The second-order valence-electron chi connectivity index (χ2n) is 7.20. The summed E-state index contributed by atoms with van der Waals surface area (Å²) in [5.41, 5.74) is 1.86. The van der Waals surface area contributed by atoms with Crippen LogP contribution in [0.4, 0.5) is 4.39 Å². The minimum Gasteiger partial charge on any atom is -0.294 e. The lowest BCUT2D eigenvalue weighted by Crippen LogP contribution is -2.15. The lowest BCUT2D eigenvalue weighted by atomic mass is 9.78. The first-order valence-electron chi connectivity index (χ1n) is 9.37. The molecule has 0 spiro atoms. The van der Waals surface area contributed by atoms with Gasteiger partial charge in [-0.2, -0.15) is 0 Å². The topological polar surface area (TPSA) is 17.1 Å². The van der Waals surface area contributed by atoms with Crippen LogP contribution in [-0.4, -0.2) is 5.78 Å². The lowest BCUT2D eigenvalue weighted by molar-refractivity contribution is 0.0987. The van der Waals surface area contributed by atoms with E-state index in [0.717, 1.165) is 30.2 Å². The minimum absolute atomic E-state index is 0.0298. The largest absolute Gasteiger partial charge is 0.294 e. The number of ketones is 1. The van der Waals surface area contributed by atoms with Crippen molar-refractivity contribution in [3.63, 3.8) is 0 Å². The number of Topliss-reactive ketones (excluding diaryl/α,β-unsaturated/α-hetero) is 1. The van der Waals surface area contributed by atoms with Crippen LogP contribution in [0.15, 0.2) is 12.1 Å². The van der Waals surface area contributed by atoms with Gasteiger partial charge in [-0.1, -0.05) is 64.5 Å². The fourth-order valence-corrected chi connectivity index (χ4v) is 4.00. The monoisotopic (exact) mass is 318 g/mol. The highest BCUT2D eigenvalue weighted by molar-refractivity contribution is 5.97. The zero-order valence-electron chi connectivity index (χ0n) is 15.0. The van der Waals surface area contributed by atoms with Gasteiger partial charge in [-0.15, -0.1) is 0 Å². The van der Waals surface area contributed by atoms with Gasteiger partial charge in [0.25, 0.3) is 0 Å².